The molecule has 0 saturated heterocycles. The normalized spacial score (nSPS) is 9.89. The Hall–Kier alpha value is -4.04. The molecule has 27 heavy (non-hydrogen) atoms. The number of ether oxygens (including phenoxy) is 1. The van der Waals surface area contributed by atoms with Crippen LogP contribution in [0.2, 0.25) is 0 Å². The molecule has 0 fully saturated rings. The third-order valence-electron chi connectivity index (χ3n) is 3.82. The van der Waals surface area contributed by atoms with E-state index >= 15 is 0 Å². The Balaban J connectivity index is 1.70. The van der Waals surface area contributed by atoms with Crippen molar-refractivity contribution in [3.8, 4) is 11.8 Å². The molecule has 0 aromatic heterocycles. The molecule has 0 atom stereocenters. The number of esters is 1. The van der Waals surface area contributed by atoms with Crippen molar-refractivity contribution >= 4 is 17.5 Å². The lowest BCUT2D eigenvalue weighted by atomic mass is 10.0. The van der Waals surface area contributed by atoms with Crippen LogP contribution >= 0.6 is 0 Å². The van der Waals surface area contributed by atoms with Crippen LogP contribution in [0.25, 0.3) is 0 Å². The first-order valence-electron chi connectivity index (χ1n) is 8.05. The second-order valence-electron chi connectivity index (χ2n) is 5.63. The lowest BCUT2D eigenvalue weighted by Crippen LogP contribution is -2.15. The van der Waals surface area contributed by atoms with Crippen LogP contribution in [0.3, 0.4) is 0 Å². The van der Waals surface area contributed by atoms with Crippen molar-refractivity contribution in [1.29, 1.82) is 5.26 Å². The van der Waals surface area contributed by atoms with Crippen LogP contribution in [0.5, 0.6) is 5.75 Å². The van der Waals surface area contributed by atoms with Gasteiger partial charge >= 0.3 is 5.97 Å². The van der Waals surface area contributed by atoms with Crippen LogP contribution < -0.4 is 4.74 Å². The standard InChI is InChI=1S/C22H13NO4/c23-14-15-6-12-19(13-7-15)27-22(26)18-10-8-17(9-11-18)21(25)20(24)16-4-2-1-3-5-16/h1-13H. The fourth-order valence-electron chi connectivity index (χ4n) is 2.37. The summed E-state index contributed by atoms with van der Waals surface area (Å²) in [5.41, 5.74) is 1.20. The lowest BCUT2D eigenvalue weighted by Gasteiger charge is -2.05. The predicted molar refractivity (Wildman–Crippen MR) is 97.7 cm³/mol. The summed E-state index contributed by atoms with van der Waals surface area (Å²) in [6.07, 6.45) is 0. The summed E-state index contributed by atoms with van der Waals surface area (Å²) in [5.74, 6) is -1.55. The Morgan fingerprint density at radius 2 is 1.19 bits per heavy atom. The first-order valence-corrected chi connectivity index (χ1v) is 8.05. The van der Waals surface area contributed by atoms with Crippen LogP contribution in [0.4, 0.5) is 0 Å². The molecule has 0 aliphatic carbocycles. The molecule has 0 N–H and O–H groups in total. The van der Waals surface area contributed by atoms with Gasteiger partial charge in [0.1, 0.15) is 5.75 Å². The maximum atomic E-state index is 12.3. The van der Waals surface area contributed by atoms with Crippen LogP contribution in [0, 0.1) is 11.3 Å². The summed E-state index contributed by atoms with van der Waals surface area (Å²) in [5, 5.41) is 8.76. The zero-order valence-electron chi connectivity index (χ0n) is 14.1. The number of Topliss-reactive ketones (excluding diaryl/α,β-unsaturated/α-hetero) is 2. The highest BCUT2D eigenvalue weighted by Crippen LogP contribution is 2.15. The monoisotopic (exact) mass is 355 g/mol. The molecule has 3 rings (SSSR count). The fraction of sp³-hybridized carbons (Fsp3) is 0. The Labute approximate surface area is 155 Å². The zero-order valence-corrected chi connectivity index (χ0v) is 14.1. The molecule has 0 saturated carbocycles. The summed E-state index contributed by atoms with van der Waals surface area (Å²) in [7, 11) is 0. The van der Waals surface area contributed by atoms with Crippen molar-refractivity contribution in [3.63, 3.8) is 0 Å². The van der Waals surface area contributed by atoms with Gasteiger partial charge < -0.3 is 4.74 Å². The Morgan fingerprint density at radius 1 is 0.667 bits per heavy atom. The number of nitriles is 1. The van der Waals surface area contributed by atoms with Gasteiger partial charge in [-0.2, -0.15) is 5.26 Å². The number of nitrogens with zero attached hydrogens (tertiary/aromatic N) is 1. The van der Waals surface area contributed by atoms with Crippen molar-refractivity contribution in [2.45, 2.75) is 0 Å². The molecule has 0 heterocycles. The molecule has 5 nitrogen and oxygen atoms in total. The minimum Gasteiger partial charge on any atom is -0.423 e. The summed E-state index contributed by atoms with van der Waals surface area (Å²) < 4.78 is 5.22. The van der Waals surface area contributed by atoms with Gasteiger partial charge in [0, 0.05) is 11.1 Å². The number of carbonyl (C=O) groups is 3. The molecule has 0 amide bonds. The lowest BCUT2D eigenvalue weighted by molar-refractivity contribution is 0.0734. The number of benzene rings is 3. The molecule has 3 aromatic rings. The molecule has 0 bridgehead atoms. The zero-order chi connectivity index (χ0) is 19.2. The van der Waals surface area contributed by atoms with Gasteiger partial charge in [0.2, 0.25) is 11.6 Å². The van der Waals surface area contributed by atoms with Crippen LogP contribution in [0.1, 0.15) is 36.6 Å². The van der Waals surface area contributed by atoms with E-state index in [0.29, 0.717) is 16.9 Å². The molecular formula is C22H13NO4. The highest BCUT2D eigenvalue weighted by atomic mass is 16.5. The maximum absolute atomic E-state index is 12.3. The first kappa shape index (κ1) is 17.8. The number of hydrogen-bond donors (Lipinski definition) is 0. The quantitative estimate of drug-likeness (QED) is 0.300. The van der Waals surface area contributed by atoms with E-state index in [9.17, 15) is 14.4 Å². The van der Waals surface area contributed by atoms with Gasteiger partial charge in [0.25, 0.3) is 0 Å². The summed E-state index contributed by atoms with van der Waals surface area (Å²) in [6, 6.07) is 22.1. The molecule has 5 heteroatoms. The third kappa shape index (κ3) is 4.14. The van der Waals surface area contributed by atoms with Gasteiger partial charge in [-0.3, -0.25) is 9.59 Å². The summed E-state index contributed by atoms with van der Waals surface area (Å²) in [6.45, 7) is 0. The predicted octanol–water partition coefficient (Wildman–Crippen LogP) is 3.84. The van der Waals surface area contributed by atoms with E-state index in [1.54, 1.807) is 42.5 Å². The molecule has 0 spiro atoms. The van der Waals surface area contributed by atoms with E-state index in [-0.39, 0.29) is 11.1 Å². The average Bonchev–Trinajstić information content (AvgIpc) is 2.74. The minimum absolute atomic E-state index is 0.193. The first-order chi connectivity index (χ1) is 13.1. The van der Waals surface area contributed by atoms with Gasteiger partial charge in [0.15, 0.2) is 0 Å². The summed E-state index contributed by atoms with van der Waals surface area (Å²) in [4.78, 5) is 36.6. The van der Waals surface area contributed by atoms with Gasteiger partial charge in [-0.05, 0) is 36.4 Å². The van der Waals surface area contributed by atoms with Crippen molar-refractivity contribution in [1.82, 2.24) is 0 Å². The summed E-state index contributed by atoms with van der Waals surface area (Å²) >= 11 is 0. The molecule has 0 aliphatic rings. The van der Waals surface area contributed by atoms with Crippen molar-refractivity contribution < 1.29 is 19.1 Å². The Morgan fingerprint density at radius 3 is 1.74 bits per heavy atom. The number of carbonyl (C=O) groups excluding carboxylic acids is 3. The SMILES string of the molecule is N#Cc1ccc(OC(=O)c2ccc(C(=O)C(=O)c3ccccc3)cc2)cc1. The van der Waals surface area contributed by atoms with Gasteiger partial charge in [-0.15, -0.1) is 0 Å². The third-order valence-corrected chi connectivity index (χ3v) is 3.82. The van der Waals surface area contributed by atoms with E-state index in [0.717, 1.165) is 0 Å². The average molecular weight is 355 g/mol. The molecule has 0 aliphatic heterocycles. The van der Waals surface area contributed by atoms with E-state index < -0.39 is 17.5 Å². The van der Waals surface area contributed by atoms with E-state index in [4.69, 9.17) is 10.00 Å². The highest BCUT2D eigenvalue weighted by Gasteiger charge is 2.18. The van der Waals surface area contributed by atoms with Gasteiger partial charge in [0.05, 0.1) is 17.2 Å². The van der Waals surface area contributed by atoms with Crippen molar-refractivity contribution in [2.75, 3.05) is 0 Å². The molecule has 0 unspecified atom stereocenters. The highest BCUT2D eigenvalue weighted by molar-refractivity contribution is 6.49. The largest absolute Gasteiger partial charge is 0.423 e. The van der Waals surface area contributed by atoms with Crippen molar-refractivity contribution in [2.24, 2.45) is 0 Å². The van der Waals surface area contributed by atoms with Gasteiger partial charge in [-0.1, -0.05) is 42.5 Å². The molecule has 3 aromatic carbocycles. The van der Waals surface area contributed by atoms with E-state index in [1.807, 2.05) is 6.07 Å². The van der Waals surface area contributed by atoms with Crippen LogP contribution in [-0.4, -0.2) is 17.5 Å². The second-order valence-corrected chi connectivity index (χ2v) is 5.63. The Kier molecular flexibility index (Phi) is 5.20. The van der Waals surface area contributed by atoms with Crippen LogP contribution in [0.15, 0.2) is 78.9 Å². The maximum Gasteiger partial charge on any atom is 0.343 e. The smallest absolute Gasteiger partial charge is 0.343 e. The molecule has 130 valence electrons. The minimum atomic E-state index is -0.645. The fourth-order valence-corrected chi connectivity index (χ4v) is 2.37. The van der Waals surface area contributed by atoms with E-state index in [1.165, 1.54) is 36.4 Å². The Bertz CT molecular complexity index is 1030. The second kappa shape index (κ2) is 7.89. The van der Waals surface area contributed by atoms with Crippen LogP contribution in [-0.2, 0) is 0 Å². The number of ketones is 2. The molecule has 0 radical (unpaired) electrons. The number of rotatable bonds is 5. The number of hydrogen-bond acceptors (Lipinski definition) is 5. The van der Waals surface area contributed by atoms with Crippen molar-refractivity contribution in [3.05, 3.63) is 101 Å². The van der Waals surface area contributed by atoms with E-state index in [2.05, 4.69) is 0 Å². The molecular weight excluding hydrogens is 342 g/mol. The topological polar surface area (TPSA) is 84.2 Å². The van der Waals surface area contributed by atoms with Gasteiger partial charge in [-0.25, -0.2) is 4.79 Å².